The van der Waals surface area contributed by atoms with Crippen molar-refractivity contribution in [2.45, 2.75) is 6.42 Å². The zero-order valence-corrected chi connectivity index (χ0v) is 9.49. The molecule has 0 saturated carbocycles. The summed E-state index contributed by atoms with van der Waals surface area (Å²) in [6.45, 7) is 0.598. The third-order valence-corrected chi connectivity index (χ3v) is 2.70. The number of H-pyrrole nitrogens is 1. The number of hydrogen-bond donors (Lipinski definition) is 1. The molecule has 17 heavy (non-hydrogen) atoms. The van der Waals surface area contributed by atoms with Crippen molar-refractivity contribution < 1.29 is 4.74 Å². The molecule has 0 aliphatic rings. The minimum atomic E-state index is -0.222. The highest BCUT2D eigenvalue weighted by atomic mass is 16.5. The number of aromatic amines is 1. The van der Waals surface area contributed by atoms with Crippen LogP contribution in [0, 0.1) is 11.3 Å². The van der Waals surface area contributed by atoms with Crippen molar-refractivity contribution >= 4 is 10.9 Å². The molecule has 1 aromatic heterocycles. The van der Waals surface area contributed by atoms with Crippen molar-refractivity contribution in [3.8, 4) is 6.07 Å². The van der Waals surface area contributed by atoms with Gasteiger partial charge in [-0.15, -0.1) is 0 Å². The molecule has 0 spiro atoms. The van der Waals surface area contributed by atoms with E-state index in [1.165, 1.54) is 6.20 Å². The number of fused-ring (bicyclic) bond motifs is 1. The lowest BCUT2D eigenvalue weighted by Gasteiger charge is -2.05. The molecular weight excluding hydrogens is 216 g/mol. The number of hydrogen-bond acceptors (Lipinski definition) is 3. The third-order valence-electron chi connectivity index (χ3n) is 2.70. The van der Waals surface area contributed by atoms with Crippen molar-refractivity contribution in [3.63, 3.8) is 0 Å². The maximum Gasteiger partial charge on any atom is 0.207 e. The van der Waals surface area contributed by atoms with Gasteiger partial charge in [0.2, 0.25) is 5.43 Å². The molecular formula is C13H12N2O2. The number of para-hydroxylation sites is 1. The van der Waals surface area contributed by atoms with Crippen molar-refractivity contribution in [2.24, 2.45) is 0 Å². The molecule has 86 valence electrons. The largest absolute Gasteiger partial charge is 0.384 e. The fraction of sp³-hybridized carbons (Fsp3) is 0.231. The Kier molecular flexibility index (Phi) is 3.22. The van der Waals surface area contributed by atoms with Crippen molar-refractivity contribution in [3.05, 3.63) is 45.7 Å². The van der Waals surface area contributed by atoms with E-state index < -0.39 is 0 Å². The van der Waals surface area contributed by atoms with E-state index in [0.717, 1.165) is 17.5 Å². The molecule has 0 atom stereocenters. The van der Waals surface area contributed by atoms with Crippen LogP contribution in [-0.2, 0) is 11.2 Å². The van der Waals surface area contributed by atoms with Crippen LogP contribution in [0.2, 0.25) is 0 Å². The first kappa shape index (κ1) is 11.4. The Morgan fingerprint density at radius 3 is 3.00 bits per heavy atom. The number of nitrogens with zero attached hydrogens (tertiary/aromatic N) is 1. The average Bonchev–Trinajstić information content (AvgIpc) is 2.37. The van der Waals surface area contributed by atoms with E-state index in [-0.39, 0.29) is 11.0 Å². The Hall–Kier alpha value is -2.12. The van der Waals surface area contributed by atoms with Crippen LogP contribution < -0.4 is 5.43 Å². The normalized spacial score (nSPS) is 10.4. The highest BCUT2D eigenvalue weighted by Crippen LogP contribution is 2.14. The lowest BCUT2D eigenvalue weighted by Crippen LogP contribution is -2.08. The summed E-state index contributed by atoms with van der Waals surface area (Å²) in [5.41, 5.74) is 1.72. The number of methoxy groups -OCH3 is 1. The molecule has 4 nitrogen and oxygen atoms in total. The zero-order valence-electron chi connectivity index (χ0n) is 9.49. The van der Waals surface area contributed by atoms with Gasteiger partial charge in [-0.25, -0.2) is 0 Å². The van der Waals surface area contributed by atoms with E-state index >= 15 is 0 Å². The Balaban J connectivity index is 2.63. The molecule has 0 amide bonds. The van der Waals surface area contributed by atoms with Gasteiger partial charge in [-0.3, -0.25) is 4.79 Å². The zero-order chi connectivity index (χ0) is 12.3. The molecule has 1 N–H and O–H groups in total. The van der Waals surface area contributed by atoms with Gasteiger partial charge in [-0.05, 0) is 18.1 Å². The van der Waals surface area contributed by atoms with E-state index in [4.69, 9.17) is 10.00 Å². The summed E-state index contributed by atoms with van der Waals surface area (Å²) in [6.07, 6.45) is 2.19. The summed E-state index contributed by atoms with van der Waals surface area (Å²) in [5.74, 6) is 0. The Bertz CT molecular complexity index is 638. The summed E-state index contributed by atoms with van der Waals surface area (Å²) >= 11 is 0. The molecule has 0 saturated heterocycles. The standard InChI is InChI=1S/C13H12N2O2/c1-17-6-5-9-3-2-4-11-12(9)15-8-10(7-14)13(11)16/h2-4,8H,5-6H2,1H3,(H,15,16). The van der Waals surface area contributed by atoms with E-state index in [9.17, 15) is 4.79 Å². The van der Waals surface area contributed by atoms with Gasteiger partial charge in [-0.2, -0.15) is 5.26 Å². The predicted octanol–water partition coefficient (Wildman–Crippen LogP) is 1.59. The maximum absolute atomic E-state index is 11.9. The van der Waals surface area contributed by atoms with Crippen LogP contribution >= 0.6 is 0 Å². The van der Waals surface area contributed by atoms with Gasteiger partial charge >= 0.3 is 0 Å². The molecule has 0 bridgehead atoms. The van der Waals surface area contributed by atoms with E-state index in [1.54, 1.807) is 13.2 Å². The summed E-state index contributed by atoms with van der Waals surface area (Å²) in [7, 11) is 1.64. The second kappa shape index (κ2) is 4.81. The molecule has 0 fully saturated rings. The lowest BCUT2D eigenvalue weighted by atomic mass is 10.1. The summed E-state index contributed by atoms with van der Waals surface area (Å²) in [6, 6.07) is 7.38. The number of ether oxygens (including phenoxy) is 1. The van der Waals surface area contributed by atoms with Crippen LogP contribution in [-0.4, -0.2) is 18.7 Å². The number of nitriles is 1. The van der Waals surface area contributed by atoms with Crippen molar-refractivity contribution in [1.82, 2.24) is 4.98 Å². The van der Waals surface area contributed by atoms with Gasteiger partial charge in [0, 0.05) is 18.7 Å². The molecule has 1 heterocycles. The first-order valence-corrected chi connectivity index (χ1v) is 5.30. The number of pyridine rings is 1. The average molecular weight is 228 g/mol. The van der Waals surface area contributed by atoms with Gasteiger partial charge < -0.3 is 9.72 Å². The lowest BCUT2D eigenvalue weighted by molar-refractivity contribution is 0.202. The van der Waals surface area contributed by atoms with Crippen molar-refractivity contribution in [1.29, 1.82) is 5.26 Å². The highest BCUT2D eigenvalue weighted by molar-refractivity contribution is 5.82. The van der Waals surface area contributed by atoms with E-state index in [0.29, 0.717) is 12.0 Å². The van der Waals surface area contributed by atoms with E-state index in [1.807, 2.05) is 18.2 Å². The Labute approximate surface area is 98.5 Å². The molecule has 0 aliphatic heterocycles. The molecule has 2 rings (SSSR count). The Morgan fingerprint density at radius 2 is 2.29 bits per heavy atom. The SMILES string of the molecule is COCCc1cccc2c(=O)c(C#N)c[nH]c12. The van der Waals surface area contributed by atoms with Gasteiger partial charge in [-0.1, -0.05) is 12.1 Å². The van der Waals surface area contributed by atoms with Crippen LogP contribution in [0.1, 0.15) is 11.1 Å². The maximum atomic E-state index is 11.9. The molecule has 1 aromatic carbocycles. The number of rotatable bonds is 3. The topological polar surface area (TPSA) is 65.9 Å². The van der Waals surface area contributed by atoms with Crippen molar-refractivity contribution in [2.75, 3.05) is 13.7 Å². The fourth-order valence-electron chi connectivity index (χ4n) is 1.82. The summed E-state index contributed by atoms with van der Waals surface area (Å²) in [4.78, 5) is 14.9. The number of nitrogens with one attached hydrogen (secondary N) is 1. The quantitative estimate of drug-likeness (QED) is 0.867. The van der Waals surface area contributed by atoms with Crippen LogP contribution in [0.25, 0.3) is 10.9 Å². The van der Waals surface area contributed by atoms with Gasteiger partial charge in [0.15, 0.2) is 0 Å². The van der Waals surface area contributed by atoms with E-state index in [2.05, 4.69) is 4.98 Å². The minimum absolute atomic E-state index is 0.140. The second-order valence-corrected chi connectivity index (χ2v) is 3.73. The van der Waals surface area contributed by atoms with Gasteiger partial charge in [0.25, 0.3) is 0 Å². The molecule has 0 unspecified atom stereocenters. The molecule has 4 heteroatoms. The van der Waals surface area contributed by atoms with Gasteiger partial charge in [0.1, 0.15) is 11.6 Å². The first-order chi connectivity index (χ1) is 8.27. The van der Waals surface area contributed by atoms with Crippen LogP contribution in [0.5, 0.6) is 0 Å². The summed E-state index contributed by atoms with van der Waals surface area (Å²) < 4.78 is 5.03. The van der Waals surface area contributed by atoms with Crippen LogP contribution in [0.4, 0.5) is 0 Å². The summed E-state index contributed by atoms with van der Waals surface area (Å²) in [5, 5.41) is 9.35. The number of benzene rings is 1. The minimum Gasteiger partial charge on any atom is -0.384 e. The predicted molar refractivity (Wildman–Crippen MR) is 64.9 cm³/mol. The molecule has 0 radical (unpaired) electrons. The number of aromatic nitrogens is 1. The monoisotopic (exact) mass is 228 g/mol. The highest BCUT2D eigenvalue weighted by Gasteiger charge is 2.07. The van der Waals surface area contributed by atoms with Crippen LogP contribution in [0.3, 0.4) is 0 Å². The molecule has 0 aliphatic carbocycles. The smallest absolute Gasteiger partial charge is 0.207 e. The fourth-order valence-corrected chi connectivity index (χ4v) is 1.82. The second-order valence-electron chi connectivity index (χ2n) is 3.73. The van der Waals surface area contributed by atoms with Crippen LogP contribution in [0.15, 0.2) is 29.2 Å². The third kappa shape index (κ3) is 2.05. The molecule has 2 aromatic rings. The Morgan fingerprint density at radius 1 is 1.47 bits per heavy atom. The van der Waals surface area contributed by atoms with Gasteiger partial charge in [0.05, 0.1) is 12.1 Å². The first-order valence-electron chi connectivity index (χ1n) is 5.30.